The second-order valence-corrected chi connectivity index (χ2v) is 5.78. The van der Waals surface area contributed by atoms with Gasteiger partial charge in [-0.15, -0.1) is 0 Å². The molecule has 122 valence electrons. The lowest BCUT2D eigenvalue weighted by Gasteiger charge is -2.28. The van der Waals surface area contributed by atoms with Crippen molar-refractivity contribution in [3.8, 4) is 5.69 Å². The first-order valence-corrected chi connectivity index (χ1v) is 7.81. The molecule has 1 aliphatic rings. The minimum atomic E-state index is -0.523. The highest BCUT2D eigenvalue weighted by Gasteiger charge is 2.25. The van der Waals surface area contributed by atoms with Crippen LogP contribution in [0.4, 0.5) is 10.2 Å². The molecule has 0 saturated heterocycles. The van der Waals surface area contributed by atoms with Crippen LogP contribution in [0.25, 0.3) is 5.69 Å². The molecular formula is C16H20FN4O2+. The summed E-state index contributed by atoms with van der Waals surface area (Å²) < 4.78 is 14.5. The molecule has 1 aromatic heterocycles. The first-order valence-electron chi connectivity index (χ1n) is 7.81. The summed E-state index contributed by atoms with van der Waals surface area (Å²) in [4.78, 5) is 28.0. The van der Waals surface area contributed by atoms with Gasteiger partial charge in [-0.25, -0.2) is 13.8 Å². The summed E-state index contributed by atoms with van der Waals surface area (Å²) >= 11 is 0. The first kappa shape index (κ1) is 15.5. The molecule has 0 bridgehead atoms. The molecule has 23 heavy (non-hydrogen) atoms. The topological polar surface area (TPSA) is 71.3 Å². The highest BCUT2D eigenvalue weighted by molar-refractivity contribution is 5.50. The summed E-state index contributed by atoms with van der Waals surface area (Å²) in [5.41, 5.74) is 0.203. The number of benzene rings is 1. The van der Waals surface area contributed by atoms with Crippen molar-refractivity contribution in [2.45, 2.75) is 26.3 Å². The molecule has 3 rings (SSSR count). The maximum Gasteiger partial charge on any atom is 0.334 e. The van der Waals surface area contributed by atoms with E-state index in [4.69, 9.17) is 0 Å². The predicted octanol–water partition coefficient (Wildman–Crippen LogP) is 0.233. The molecule has 7 heteroatoms. The lowest BCUT2D eigenvalue weighted by Crippen LogP contribution is -3.12. The number of fused-ring (bicyclic) bond motifs is 1. The Balaban J connectivity index is 2.05. The van der Waals surface area contributed by atoms with Crippen molar-refractivity contribution in [1.29, 1.82) is 0 Å². The van der Waals surface area contributed by atoms with Crippen molar-refractivity contribution in [2.24, 2.45) is 0 Å². The van der Waals surface area contributed by atoms with Gasteiger partial charge in [0.1, 0.15) is 23.7 Å². The van der Waals surface area contributed by atoms with Crippen LogP contribution >= 0.6 is 0 Å². The number of H-pyrrole nitrogens is 1. The lowest BCUT2D eigenvalue weighted by atomic mass is 10.2. The van der Waals surface area contributed by atoms with E-state index < -0.39 is 5.69 Å². The van der Waals surface area contributed by atoms with Crippen LogP contribution in [-0.2, 0) is 6.54 Å². The number of rotatable bonds is 4. The Hall–Kier alpha value is -2.41. The Morgan fingerprint density at radius 2 is 2.00 bits per heavy atom. The van der Waals surface area contributed by atoms with Crippen LogP contribution in [0, 0.1) is 5.82 Å². The Bertz CT molecular complexity index is 810. The fourth-order valence-electron chi connectivity index (χ4n) is 2.88. The zero-order valence-corrected chi connectivity index (χ0v) is 13.0. The van der Waals surface area contributed by atoms with Crippen molar-refractivity contribution in [1.82, 2.24) is 9.55 Å². The monoisotopic (exact) mass is 319 g/mol. The zero-order valence-electron chi connectivity index (χ0n) is 13.0. The average molecular weight is 319 g/mol. The second-order valence-electron chi connectivity index (χ2n) is 5.78. The molecule has 0 spiro atoms. The van der Waals surface area contributed by atoms with Crippen LogP contribution in [0.3, 0.4) is 0 Å². The van der Waals surface area contributed by atoms with Gasteiger partial charge in [0, 0.05) is 0 Å². The van der Waals surface area contributed by atoms with Gasteiger partial charge in [0.2, 0.25) is 0 Å². The van der Waals surface area contributed by atoms with Gasteiger partial charge in [0.15, 0.2) is 6.67 Å². The van der Waals surface area contributed by atoms with Crippen LogP contribution in [0.2, 0.25) is 0 Å². The van der Waals surface area contributed by atoms with Gasteiger partial charge >= 0.3 is 5.69 Å². The molecular weight excluding hydrogens is 299 g/mol. The Morgan fingerprint density at radius 1 is 1.26 bits per heavy atom. The van der Waals surface area contributed by atoms with E-state index in [2.05, 4.69) is 17.2 Å². The number of quaternary nitrogens is 1. The van der Waals surface area contributed by atoms with E-state index in [1.807, 2.05) is 0 Å². The largest absolute Gasteiger partial charge is 0.334 e. The highest BCUT2D eigenvalue weighted by Crippen LogP contribution is 2.16. The van der Waals surface area contributed by atoms with Crippen molar-refractivity contribution in [3.63, 3.8) is 0 Å². The van der Waals surface area contributed by atoms with Crippen molar-refractivity contribution >= 4 is 5.82 Å². The summed E-state index contributed by atoms with van der Waals surface area (Å²) in [5, 5.41) is 3.20. The molecule has 1 atom stereocenters. The molecule has 0 amide bonds. The third-order valence-corrected chi connectivity index (χ3v) is 4.11. The Labute approximate surface area is 132 Å². The maximum absolute atomic E-state index is 13.1. The Morgan fingerprint density at radius 3 is 2.70 bits per heavy atom. The summed E-state index contributed by atoms with van der Waals surface area (Å²) in [6.07, 6.45) is 2.18. The number of aromatic amines is 1. The van der Waals surface area contributed by atoms with Gasteiger partial charge in [0.05, 0.1) is 12.2 Å². The molecule has 1 aromatic carbocycles. The van der Waals surface area contributed by atoms with Crippen molar-refractivity contribution in [2.75, 3.05) is 18.5 Å². The molecule has 2 aromatic rings. The quantitative estimate of drug-likeness (QED) is 0.756. The molecule has 0 fully saturated rings. The minimum Gasteiger partial charge on any atom is -0.324 e. The molecule has 0 aliphatic carbocycles. The molecule has 0 radical (unpaired) electrons. The minimum absolute atomic E-state index is 0.357. The van der Waals surface area contributed by atoms with Crippen molar-refractivity contribution < 1.29 is 9.29 Å². The van der Waals surface area contributed by atoms with Gasteiger partial charge in [-0.05, 0) is 30.7 Å². The second kappa shape index (κ2) is 6.37. The molecule has 1 unspecified atom stereocenters. The Kier molecular flexibility index (Phi) is 4.29. The summed E-state index contributed by atoms with van der Waals surface area (Å²) in [6, 6.07) is 5.63. The van der Waals surface area contributed by atoms with E-state index >= 15 is 0 Å². The molecule has 1 aliphatic heterocycles. The van der Waals surface area contributed by atoms with Crippen LogP contribution in [0.5, 0.6) is 0 Å². The smallest absolute Gasteiger partial charge is 0.324 e. The first-order chi connectivity index (χ1) is 11.1. The molecule has 0 saturated carbocycles. The van der Waals surface area contributed by atoms with Gasteiger partial charge in [0.25, 0.3) is 5.56 Å². The highest BCUT2D eigenvalue weighted by atomic mass is 19.1. The SMILES string of the molecule is CCCC[NH+]1CNc2c(c(=O)[nH]c(=O)n2-c2ccc(F)cc2)C1. The van der Waals surface area contributed by atoms with Crippen LogP contribution < -0.4 is 21.5 Å². The summed E-state index contributed by atoms with van der Waals surface area (Å²) in [5.74, 6) is 0.133. The van der Waals surface area contributed by atoms with Crippen LogP contribution in [0.15, 0.2) is 33.9 Å². The third kappa shape index (κ3) is 3.05. The van der Waals surface area contributed by atoms with E-state index in [9.17, 15) is 14.0 Å². The van der Waals surface area contributed by atoms with Gasteiger partial charge < -0.3 is 10.2 Å². The number of nitrogens with one attached hydrogen (secondary N) is 3. The van der Waals surface area contributed by atoms with Crippen LogP contribution in [-0.4, -0.2) is 22.8 Å². The van der Waals surface area contributed by atoms with Crippen LogP contribution in [0.1, 0.15) is 25.3 Å². The van der Waals surface area contributed by atoms with Gasteiger partial charge in [-0.3, -0.25) is 9.78 Å². The van der Waals surface area contributed by atoms with Gasteiger partial charge in [-0.2, -0.15) is 0 Å². The van der Waals surface area contributed by atoms with Crippen molar-refractivity contribution in [3.05, 3.63) is 56.5 Å². The maximum atomic E-state index is 13.1. The van der Waals surface area contributed by atoms with E-state index in [0.29, 0.717) is 30.3 Å². The van der Waals surface area contributed by atoms with E-state index in [-0.39, 0.29) is 11.4 Å². The number of aromatic nitrogens is 2. The zero-order chi connectivity index (χ0) is 16.4. The normalized spacial score (nSPS) is 16.7. The van der Waals surface area contributed by atoms with E-state index in [1.165, 1.54) is 33.7 Å². The summed E-state index contributed by atoms with van der Waals surface area (Å²) in [6.45, 7) is 4.32. The van der Waals surface area contributed by atoms with E-state index in [0.717, 1.165) is 19.4 Å². The third-order valence-electron chi connectivity index (χ3n) is 4.11. The fourth-order valence-corrected chi connectivity index (χ4v) is 2.88. The number of hydrogen-bond donors (Lipinski definition) is 3. The lowest BCUT2D eigenvalue weighted by molar-refractivity contribution is -0.912. The average Bonchev–Trinajstić information content (AvgIpc) is 2.55. The summed E-state index contributed by atoms with van der Waals surface area (Å²) in [7, 11) is 0. The number of nitrogens with zero attached hydrogens (tertiary/aromatic N) is 1. The molecule has 6 nitrogen and oxygen atoms in total. The predicted molar refractivity (Wildman–Crippen MR) is 85.5 cm³/mol. The number of hydrogen-bond acceptors (Lipinski definition) is 3. The number of anilines is 1. The standard InChI is InChI=1S/C16H19FN4O2/c1-2-3-8-20-9-13-14(18-10-20)21(16(23)19-15(13)22)12-6-4-11(17)5-7-12/h4-7,18H,2-3,8-10H2,1H3,(H,19,22,23)/p+1. The fraction of sp³-hybridized carbons (Fsp3) is 0.375. The van der Waals surface area contributed by atoms with Gasteiger partial charge in [-0.1, -0.05) is 13.3 Å². The molecule has 2 heterocycles. The number of unbranched alkanes of at least 4 members (excludes halogenated alkanes) is 1. The van der Waals surface area contributed by atoms with E-state index in [1.54, 1.807) is 0 Å². The molecule has 3 N–H and O–H groups in total. The number of halogens is 1.